The van der Waals surface area contributed by atoms with Gasteiger partial charge in [-0.3, -0.25) is 4.98 Å². The molecular weight excluding hydrogens is 188 g/mol. The SMILES string of the molecule is CCCOc1cncc(/C=C/CCN)c1. The number of pyridine rings is 1. The van der Waals surface area contributed by atoms with Gasteiger partial charge in [0.2, 0.25) is 0 Å². The smallest absolute Gasteiger partial charge is 0.138 e. The van der Waals surface area contributed by atoms with E-state index in [1.54, 1.807) is 6.20 Å². The van der Waals surface area contributed by atoms with Crippen LogP contribution in [0.1, 0.15) is 25.3 Å². The van der Waals surface area contributed by atoms with Gasteiger partial charge in [0.05, 0.1) is 12.8 Å². The van der Waals surface area contributed by atoms with Crippen molar-refractivity contribution in [2.45, 2.75) is 19.8 Å². The Labute approximate surface area is 91.0 Å². The standard InChI is InChI=1S/C12H18N2O/c1-2-7-15-12-8-11(9-14-10-12)5-3-4-6-13/h3,5,8-10H,2,4,6-7,13H2,1H3/b5-3+. The normalized spacial score (nSPS) is 10.8. The van der Waals surface area contributed by atoms with Gasteiger partial charge in [0.15, 0.2) is 0 Å². The molecule has 0 unspecified atom stereocenters. The van der Waals surface area contributed by atoms with Gasteiger partial charge in [-0.05, 0) is 31.0 Å². The molecule has 0 fully saturated rings. The average Bonchev–Trinajstić information content (AvgIpc) is 2.27. The van der Waals surface area contributed by atoms with Crippen LogP contribution in [0, 0.1) is 0 Å². The second-order valence-corrected chi connectivity index (χ2v) is 3.28. The molecule has 15 heavy (non-hydrogen) atoms. The van der Waals surface area contributed by atoms with Gasteiger partial charge in [0, 0.05) is 6.20 Å². The molecule has 0 spiro atoms. The summed E-state index contributed by atoms with van der Waals surface area (Å²) in [5.41, 5.74) is 6.45. The summed E-state index contributed by atoms with van der Waals surface area (Å²) >= 11 is 0. The van der Waals surface area contributed by atoms with Crippen LogP contribution in [-0.4, -0.2) is 18.1 Å². The van der Waals surface area contributed by atoms with Gasteiger partial charge in [-0.2, -0.15) is 0 Å². The van der Waals surface area contributed by atoms with Crippen molar-refractivity contribution in [1.82, 2.24) is 4.98 Å². The third-order valence-electron chi connectivity index (χ3n) is 1.85. The molecule has 82 valence electrons. The Balaban J connectivity index is 2.57. The maximum absolute atomic E-state index is 5.48. The number of nitrogens with two attached hydrogens (primary N) is 1. The van der Waals surface area contributed by atoms with E-state index in [0.717, 1.165) is 30.8 Å². The highest BCUT2D eigenvalue weighted by atomic mass is 16.5. The Morgan fingerprint density at radius 3 is 3.07 bits per heavy atom. The van der Waals surface area contributed by atoms with Crippen molar-refractivity contribution in [2.75, 3.05) is 13.2 Å². The monoisotopic (exact) mass is 206 g/mol. The highest BCUT2D eigenvalue weighted by Crippen LogP contribution is 2.12. The van der Waals surface area contributed by atoms with Crippen LogP contribution in [0.5, 0.6) is 5.75 Å². The van der Waals surface area contributed by atoms with Crippen molar-refractivity contribution in [1.29, 1.82) is 0 Å². The Morgan fingerprint density at radius 1 is 1.47 bits per heavy atom. The maximum Gasteiger partial charge on any atom is 0.138 e. The molecule has 3 nitrogen and oxygen atoms in total. The van der Waals surface area contributed by atoms with Crippen LogP contribution >= 0.6 is 0 Å². The number of hydrogen-bond acceptors (Lipinski definition) is 3. The van der Waals surface area contributed by atoms with Gasteiger partial charge in [-0.1, -0.05) is 19.1 Å². The molecule has 0 atom stereocenters. The molecule has 0 amide bonds. The van der Waals surface area contributed by atoms with E-state index in [9.17, 15) is 0 Å². The Hall–Kier alpha value is -1.35. The number of hydrogen-bond donors (Lipinski definition) is 1. The van der Waals surface area contributed by atoms with Crippen LogP contribution in [0.4, 0.5) is 0 Å². The predicted octanol–water partition coefficient (Wildman–Crippen LogP) is 2.23. The zero-order valence-corrected chi connectivity index (χ0v) is 9.15. The fourth-order valence-electron chi connectivity index (χ4n) is 1.14. The topological polar surface area (TPSA) is 48.1 Å². The van der Waals surface area contributed by atoms with Crippen LogP contribution in [0.15, 0.2) is 24.5 Å². The molecule has 0 saturated carbocycles. The molecule has 0 aliphatic carbocycles. The zero-order chi connectivity index (χ0) is 10.9. The molecule has 3 heteroatoms. The lowest BCUT2D eigenvalue weighted by atomic mass is 10.2. The molecule has 1 aromatic rings. The van der Waals surface area contributed by atoms with Crippen LogP contribution in [-0.2, 0) is 0 Å². The van der Waals surface area contributed by atoms with E-state index in [1.165, 1.54) is 0 Å². The van der Waals surface area contributed by atoms with Crippen LogP contribution in [0.3, 0.4) is 0 Å². The Morgan fingerprint density at radius 2 is 2.33 bits per heavy atom. The molecule has 0 saturated heterocycles. The van der Waals surface area contributed by atoms with Crippen LogP contribution in [0.25, 0.3) is 6.08 Å². The van der Waals surface area contributed by atoms with E-state index in [-0.39, 0.29) is 0 Å². The van der Waals surface area contributed by atoms with Crippen molar-refractivity contribution < 1.29 is 4.74 Å². The lowest BCUT2D eigenvalue weighted by Gasteiger charge is -2.03. The number of nitrogens with zero attached hydrogens (tertiary/aromatic N) is 1. The maximum atomic E-state index is 5.48. The number of rotatable bonds is 6. The molecule has 0 radical (unpaired) electrons. The Bertz CT molecular complexity index is 310. The summed E-state index contributed by atoms with van der Waals surface area (Å²) in [6.07, 6.45) is 9.49. The minimum Gasteiger partial charge on any atom is -0.492 e. The average molecular weight is 206 g/mol. The molecule has 1 heterocycles. The summed E-state index contributed by atoms with van der Waals surface area (Å²) in [5.74, 6) is 0.826. The number of aromatic nitrogens is 1. The van der Waals surface area contributed by atoms with E-state index in [1.807, 2.05) is 24.4 Å². The van der Waals surface area contributed by atoms with Gasteiger partial charge in [-0.15, -0.1) is 0 Å². The van der Waals surface area contributed by atoms with Crippen molar-refractivity contribution in [3.8, 4) is 5.75 Å². The fourth-order valence-corrected chi connectivity index (χ4v) is 1.14. The molecule has 0 bridgehead atoms. The summed E-state index contributed by atoms with van der Waals surface area (Å²) < 4.78 is 5.48. The van der Waals surface area contributed by atoms with Crippen molar-refractivity contribution in [2.24, 2.45) is 5.73 Å². The summed E-state index contributed by atoms with van der Waals surface area (Å²) in [4.78, 5) is 4.11. The molecular formula is C12H18N2O. The second-order valence-electron chi connectivity index (χ2n) is 3.28. The van der Waals surface area contributed by atoms with E-state index in [0.29, 0.717) is 6.54 Å². The van der Waals surface area contributed by atoms with Gasteiger partial charge < -0.3 is 10.5 Å². The van der Waals surface area contributed by atoms with Gasteiger partial charge in [-0.25, -0.2) is 0 Å². The highest BCUT2D eigenvalue weighted by Gasteiger charge is 1.94. The molecule has 0 aliphatic rings. The first-order valence-electron chi connectivity index (χ1n) is 5.31. The van der Waals surface area contributed by atoms with Crippen LogP contribution in [0.2, 0.25) is 0 Å². The van der Waals surface area contributed by atoms with E-state index in [2.05, 4.69) is 11.9 Å². The zero-order valence-electron chi connectivity index (χ0n) is 9.15. The lowest BCUT2D eigenvalue weighted by Crippen LogP contribution is -1.96. The fraction of sp³-hybridized carbons (Fsp3) is 0.417. The lowest BCUT2D eigenvalue weighted by molar-refractivity contribution is 0.316. The number of ether oxygens (including phenoxy) is 1. The van der Waals surface area contributed by atoms with Crippen molar-refractivity contribution >= 4 is 6.08 Å². The third kappa shape index (κ3) is 4.61. The summed E-state index contributed by atoms with van der Waals surface area (Å²) in [6.45, 7) is 3.49. The van der Waals surface area contributed by atoms with Gasteiger partial charge in [0.25, 0.3) is 0 Å². The molecule has 0 aliphatic heterocycles. The second kappa shape index (κ2) is 7.01. The third-order valence-corrected chi connectivity index (χ3v) is 1.85. The largest absolute Gasteiger partial charge is 0.492 e. The van der Waals surface area contributed by atoms with Gasteiger partial charge in [0.1, 0.15) is 5.75 Å². The molecule has 1 aromatic heterocycles. The minimum atomic E-state index is 0.677. The first-order valence-corrected chi connectivity index (χ1v) is 5.31. The molecule has 1 rings (SSSR count). The molecule has 2 N–H and O–H groups in total. The van der Waals surface area contributed by atoms with Gasteiger partial charge >= 0.3 is 0 Å². The first-order chi connectivity index (χ1) is 7.36. The molecule has 0 aromatic carbocycles. The highest BCUT2D eigenvalue weighted by molar-refractivity contribution is 5.49. The van der Waals surface area contributed by atoms with Crippen LogP contribution < -0.4 is 10.5 Å². The summed E-state index contributed by atoms with van der Waals surface area (Å²) in [5, 5.41) is 0. The quantitative estimate of drug-likeness (QED) is 0.776. The van der Waals surface area contributed by atoms with E-state index in [4.69, 9.17) is 10.5 Å². The summed E-state index contributed by atoms with van der Waals surface area (Å²) in [6, 6.07) is 1.98. The summed E-state index contributed by atoms with van der Waals surface area (Å²) in [7, 11) is 0. The van der Waals surface area contributed by atoms with Crippen molar-refractivity contribution in [3.63, 3.8) is 0 Å². The van der Waals surface area contributed by atoms with Crippen molar-refractivity contribution in [3.05, 3.63) is 30.1 Å². The minimum absolute atomic E-state index is 0.677. The Kier molecular flexibility index (Phi) is 5.48. The first kappa shape index (κ1) is 11.7. The van der Waals surface area contributed by atoms with E-state index < -0.39 is 0 Å². The predicted molar refractivity (Wildman–Crippen MR) is 62.7 cm³/mol. The van der Waals surface area contributed by atoms with E-state index >= 15 is 0 Å².